The van der Waals surface area contributed by atoms with E-state index in [0.29, 0.717) is 30.8 Å². The standard InChI is InChI=1S/C12H17N3O2/c1-8-2-3-11(14-13)10(6-8)12(17)15-5-4-9(16)7-15/h2-3,6,9,14,16H,4-5,7,13H2,1H3. The van der Waals surface area contributed by atoms with Crippen molar-refractivity contribution in [1.82, 2.24) is 4.90 Å². The summed E-state index contributed by atoms with van der Waals surface area (Å²) in [5.41, 5.74) is 4.70. The summed E-state index contributed by atoms with van der Waals surface area (Å²) in [6.07, 6.45) is 0.237. The Morgan fingerprint density at radius 3 is 2.94 bits per heavy atom. The summed E-state index contributed by atoms with van der Waals surface area (Å²) in [5.74, 6) is 5.31. The minimum absolute atomic E-state index is 0.0850. The molecular formula is C12H17N3O2. The predicted molar refractivity (Wildman–Crippen MR) is 65.5 cm³/mol. The number of anilines is 1. The van der Waals surface area contributed by atoms with Crippen molar-refractivity contribution in [3.05, 3.63) is 29.3 Å². The molecule has 4 N–H and O–H groups in total. The second-order valence-corrected chi connectivity index (χ2v) is 4.39. The molecule has 1 aliphatic heterocycles. The van der Waals surface area contributed by atoms with Crippen molar-refractivity contribution in [2.24, 2.45) is 5.84 Å². The van der Waals surface area contributed by atoms with Gasteiger partial charge in [-0.2, -0.15) is 0 Å². The van der Waals surface area contributed by atoms with E-state index in [2.05, 4.69) is 5.43 Å². The van der Waals surface area contributed by atoms with E-state index in [4.69, 9.17) is 5.84 Å². The van der Waals surface area contributed by atoms with Crippen LogP contribution >= 0.6 is 0 Å². The van der Waals surface area contributed by atoms with Crippen molar-refractivity contribution in [2.45, 2.75) is 19.4 Å². The van der Waals surface area contributed by atoms with Gasteiger partial charge in [0.1, 0.15) is 0 Å². The molecule has 92 valence electrons. The van der Waals surface area contributed by atoms with E-state index in [1.165, 1.54) is 0 Å². The number of hydrogen-bond donors (Lipinski definition) is 3. The lowest BCUT2D eigenvalue weighted by Crippen LogP contribution is -2.30. The smallest absolute Gasteiger partial charge is 0.256 e. The number of amides is 1. The summed E-state index contributed by atoms with van der Waals surface area (Å²) >= 11 is 0. The van der Waals surface area contributed by atoms with E-state index >= 15 is 0 Å². The molecule has 1 atom stereocenters. The third-order valence-corrected chi connectivity index (χ3v) is 3.01. The van der Waals surface area contributed by atoms with Crippen molar-refractivity contribution in [2.75, 3.05) is 18.5 Å². The molecule has 0 aliphatic carbocycles. The Hall–Kier alpha value is -1.59. The van der Waals surface area contributed by atoms with E-state index < -0.39 is 6.10 Å². The van der Waals surface area contributed by atoms with Crippen LogP contribution in [-0.2, 0) is 0 Å². The summed E-state index contributed by atoms with van der Waals surface area (Å²) in [4.78, 5) is 13.9. The Kier molecular flexibility index (Phi) is 3.31. The molecule has 5 heteroatoms. The fourth-order valence-electron chi connectivity index (χ4n) is 2.06. The lowest BCUT2D eigenvalue weighted by Gasteiger charge is -2.18. The van der Waals surface area contributed by atoms with E-state index in [0.717, 1.165) is 5.56 Å². The molecular weight excluding hydrogens is 218 g/mol. The van der Waals surface area contributed by atoms with Gasteiger partial charge in [0, 0.05) is 13.1 Å². The summed E-state index contributed by atoms with van der Waals surface area (Å²) in [7, 11) is 0. The molecule has 1 amide bonds. The molecule has 1 aromatic rings. The SMILES string of the molecule is Cc1ccc(NN)c(C(=O)N2CCC(O)C2)c1. The summed E-state index contributed by atoms with van der Waals surface area (Å²) in [5, 5.41) is 9.44. The van der Waals surface area contributed by atoms with Crippen LogP contribution < -0.4 is 11.3 Å². The molecule has 2 rings (SSSR count). The number of carbonyl (C=O) groups is 1. The number of hydrogen-bond acceptors (Lipinski definition) is 4. The van der Waals surface area contributed by atoms with Crippen LogP contribution in [0.2, 0.25) is 0 Å². The molecule has 1 fully saturated rings. The minimum atomic E-state index is -0.405. The van der Waals surface area contributed by atoms with Crippen LogP contribution in [0.5, 0.6) is 0 Å². The van der Waals surface area contributed by atoms with Crippen molar-refractivity contribution < 1.29 is 9.90 Å². The van der Waals surface area contributed by atoms with Gasteiger partial charge in [-0.3, -0.25) is 10.6 Å². The highest BCUT2D eigenvalue weighted by Crippen LogP contribution is 2.21. The highest BCUT2D eigenvalue weighted by molar-refractivity contribution is 5.99. The van der Waals surface area contributed by atoms with Crippen LogP contribution in [0.1, 0.15) is 22.3 Å². The number of aliphatic hydroxyl groups excluding tert-OH is 1. The Bertz CT molecular complexity index is 434. The molecule has 0 spiro atoms. The third-order valence-electron chi connectivity index (χ3n) is 3.01. The van der Waals surface area contributed by atoms with Gasteiger partial charge >= 0.3 is 0 Å². The van der Waals surface area contributed by atoms with Gasteiger partial charge < -0.3 is 15.4 Å². The fourth-order valence-corrected chi connectivity index (χ4v) is 2.06. The zero-order valence-corrected chi connectivity index (χ0v) is 9.81. The zero-order chi connectivity index (χ0) is 12.4. The van der Waals surface area contributed by atoms with Crippen molar-refractivity contribution >= 4 is 11.6 Å². The average molecular weight is 235 g/mol. The molecule has 0 saturated carbocycles. The van der Waals surface area contributed by atoms with Crippen LogP contribution in [0, 0.1) is 6.92 Å². The van der Waals surface area contributed by atoms with Gasteiger partial charge in [-0.25, -0.2) is 0 Å². The first-order chi connectivity index (χ1) is 8.11. The maximum Gasteiger partial charge on any atom is 0.256 e. The molecule has 0 aromatic heterocycles. The van der Waals surface area contributed by atoms with Gasteiger partial charge in [0.05, 0.1) is 17.4 Å². The topological polar surface area (TPSA) is 78.6 Å². The number of aryl methyl sites for hydroxylation is 1. The maximum absolute atomic E-state index is 12.2. The number of nitrogens with one attached hydrogen (secondary N) is 1. The number of β-amino-alcohol motifs (C(OH)–C–C–N with tert-alkyl or cyclic N) is 1. The number of benzene rings is 1. The molecule has 1 aromatic carbocycles. The van der Waals surface area contributed by atoms with Crippen molar-refractivity contribution in [1.29, 1.82) is 0 Å². The van der Waals surface area contributed by atoms with Gasteiger partial charge in [0.15, 0.2) is 0 Å². The number of nitrogen functional groups attached to an aromatic ring is 1. The second kappa shape index (κ2) is 4.73. The van der Waals surface area contributed by atoms with Crippen LogP contribution in [0.25, 0.3) is 0 Å². The fraction of sp³-hybridized carbons (Fsp3) is 0.417. The number of likely N-dealkylation sites (tertiary alicyclic amines) is 1. The first-order valence-electron chi connectivity index (χ1n) is 5.66. The maximum atomic E-state index is 12.2. The van der Waals surface area contributed by atoms with E-state index in [1.807, 2.05) is 19.1 Å². The van der Waals surface area contributed by atoms with Gasteiger partial charge in [-0.15, -0.1) is 0 Å². The predicted octanol–water partition coefficient (Wildman–Crippen LogP) is 0.487. The van der Waals surface area contributed by atoms with Gasteiger partial charge in [-0.1, -0.05) is 11.6 Å². The Morgan fingerprint density at radius 1 is 1.59 bits per heavy atom. The molecule has 1 heterocycles. The van der Waals surface area contributed by atoms with Gasteiger partial charge in [0.25, 0.3) is 5.91 Å². The number of rotatable bonds is 2. The molecule has 0 bridgehead atoms. The summed E-state index contributed by atoms with van der Waals surface area (Å²) in [6.45, 7) is 2.92. The highest BCUT2D eigenvalue weighted by atomic mass is 16.3. The minimum Gasteiger partial charge on any atom is -0.391 e. The van der Waals surface area contributed by atoms with E-state index in [9.17, 15) is 9.90 Å². The number of nitrogens with two attached hydrogens (primary N) is 1. The van der Waals surface area contributed by atoms with Crippen LogP contribution in [-0.4, -0.2) is 35.1 Å². The van der Waals surface area contributed by atoms with Gasteiger partial charge in [-0.05, 0) is 25.5 Å². The zero-order valence-electron chi connectivity index (χ0n) is 9.81. The number of hydrazine groups is 1. The lowest BCUT2D eigenvalue weighted by molar-refractivity contribution is 0.0766. The molecule has 17 heavy (non-hydrogen) atoms. The Labute approximate surface area is 100 Å². The van der Waals surface area contributed by atoms with Gasteiger partial charge in [0.2, 0.25) is 0 Å². The van der Waals surface area contributed by atoms with Crippen molar-refractivity contribution in [3.8, 4) is 0 Å². The number of carbonyl (C=O) groups excluding carboxylic acids is 1. The van der Waals surface area contributed by atoms with Crippen LogP contribution in [0.3, 0.4) is 0 Å². The Balaban J connectivity index is 2.26. The summed E-state index contributed by atoms with van der Waals surface area (Å²) < 4.78 is 0. The molecule has 1 saturated heterocycles. The Morgan fingerprint density at radius 2 is 2.35 bits per heavy atom. The first-order valence-corrected chi connectivity index (χ1v) is 5.66. The van der Waals surface area contributed by atoms with Crippen molar-refractivity contribution in [3.63, 3.8) is 0 Å². The normalized spacial score (nSPS) is 19.5. The highest BCUT2D eigenvalue weighted by Gasteiger charge is 2.26. The average Bonchev–Trinajstić information content (AvgIpc) is 2.75. The second-order valence-electron chi connectivity index (χ2n) is 4.39. The number of nitrogens with zero attached hydrogens (tertiary/aromatic N) is 1. The van der Waals surface area contributed by atoms with Crippen LogP contribution in [0.15, 0.2) is 18.2 Å². The molecule has 0 radical (unpaired) electrons. The largest absolute Gasteiger partial charge is 0.391 e. The quantitative estimate of drug-likeness (QED) is 0.515. The monoisotopic (exact) mass is 235 g/mol. The number of aliphatic hydroxyl groups is 1. The molecule has 5 nitrogen and oxygen atoms in total. The van der Waals surface area contributed by atoms with E-state index in [-0.39, 0.29) is 5.91 Å². The third kappa shape index (κ3) is 2.40. The van der Waals surface area contributed by atoms with E-state index in [1.54, 1.807) is 11.0 Å². The molecule has 1 unspecified atom stereocenters. The first kappa shape index (κ1) is 11.9. The summed E-state index contributed by atoms with van der Waals surface area (Å²) in [6, 6.07) is 5.49. The lowest BCUT2D eigenvalue weighted by atomic mass is 10.1. The van der Waals surface area contributed by atoms with Crippen LogP contribution in [0.4, 0.5) is 5.69 Å². The molecule has 1 aliphatic rings.